The summed E-state index contributed by atoms with van der Waals surface area (Å²) < 4.78 is 1.86. The molecule has 0 saturated heterocycles. The van der Waals surface area contributed by atoms with E-state index in [0.717, 1.165) is 16.6 Å². The van der Waals surface area contributed by atoms with Gasteiger partial charge in [0.1, 0.15) is 0 Å². The van der Waals surface area contributed by atoms with Crippen LogP contribution >= 0.6 is 23.2 Å². The number of imidazole rings is 1. The number of hydrogen-bond acceptors (Lipinski definition) is 3. The van der Waals surface area contributed by atoms with Gasteiger partial charge in [-0.15, -0.1) is 0 Å². The Morgan fingerprint density at radius 3 is 2.86 bits per heavy atom. The number of nitrogens with one attached hydrogen (secondary N) is 1. The molecule has 1 amide bonds. The minimum absolute atomic E-state index is 0.342. The van der Waals surface area contributed by atoms with Gasteiger partial charge in [-0.2, -0.15) is 0 Å². The number of amides is 1. The van der Waals surface area contributed by atoms with Crippen molar-refractivity contribution in [1.29, 1.82) is 0 Å². The molecule has 5 nitrogen and oxygen atoms in total. The molecule has 22 heavy (non-hydrogen) atoms. The molecule has 0 saturated carbocycles. The number of aromatic nitrogens is 2. The van der Waals surface area contributed by atoms with Crippen molar-refractivity contribution in [1.82, 2.24) is 15.0 Å². The maximum atomic E-state index is 11.5. The molecule has 3 rings (SSSR count). The molecule has 2 aromatic carbocycles. The summed E-state index contributed by atoms with van der Waals surface area (Å²) in [6.07, 6.45) is 1.67. The Hall–Kier alpha value is -2.08. The Bertz CT molecular complexity index is 861. The number of carbonyl (C=O) groups is 1. The van der Waals surface area contributed by atoms with Crippen LogP contribution in [0, 0.1) is 0 Å². The molecular weight excluding hydrogens is 325 g/mol. The Morgan fingerprint density at radius 1 is 1.27 bits per heavy atom. The van der Waals surface area contributed by atoms with Crippen LogP contribution in [-0.4, -0.2) is 20.7 Å². The standard InChI is InChI=1S/C15H11Cl2N3O2/c16-11-3-1-2-10(14(11)17)7-20-8-18-12-5-4-9(6-13(12)20)15(21)19-22/h1-6,8,22H,7H2,(H,19,21). The van der Waals surface area contributed by atoms with Gasteiger partial charge in [-0.1, -0.05) is 35.3 Å². The summed E-state index contributed by atoms with van der Waals surface area (Å²) >= 11 is 12.2. The quantitative estimate of drug-likeness (QED) is 0.568. The first kappa shape index (κ1) is 14.8. The first-order valence-electron chi connectivity index (χ1n) is 6.42. The molecular formula is C15H11Cl2N3O2. The molecule has 0 aliphatic carbocycles. The zero-order chi connectivity index (χ0) is 15.7. The monoisotopic (exact) mass is 335 g/mol. The van der Waals surface area contributed by atoms with E-state index in [1.54, 1.807) is 36.1 Å². The lowest BCUT2D eigenvalue weighted by Crippen LogP contribution is -2.18. The van der Waals surface area contributed by atoms with Crippen LogP contribution in [0.5, 0.6) is 0 Å². The molecule has 0 spiro atoms. The third-order valence-corrected chi connectivity index (χ3v) is 4.22. The second-order valence-electron chi connectivity index (χ2n) is 4.73. The minimum Gasteiger partial charge on any atom is -0.326 e. The summed E-state index contributed by atoms with van der Waals surface area (Å²) in [5, 5.41) is 9.71. The van der Waals surface area contributed by atoms with E-state index in [0.29, 0.717) is 22.2 Å². The number of halogens is 2. The van der Waals surface area contributed by atoms with E-state index in [-0.39, 0.29) is 0 Å². The summed E-state index contributed by atoms with van der Waals surface area (Å²) in [5.74, 6) is -0.574. The van der Waals surface area contributed by atoms with E-state index in [2.05, 4.69) is 4.98 Å². The zero-order valence-corrected chi connectivity index (χ0v) is 12.8. The second-order valence-corrected chi connectivity index (χ2v) is 5.51. The number of carbonyl (C=O) groups excluding carboxylic acids is 1. The van der Waals surface area contributed by atoms with Crippen molar-refractivity contribution < 1.29 is 10.0 Å². The normalized spacial score (nSPS) is 10.9. The van der Waals surface area contributed by atoms with Gasteiger partial charge >= 0.3 is 0 Å². The minimum atomic E-state index is -0.574. The molecule has 0 fully saturated rings. The van der Waals surface area contributed by atoms with Crippen molar-refractivity contribution in [3.05, 3.63) is 63.9 Å². The van der Waals surface area contributed by atoms with Crippen molar-refractivity contribution in [3.8, 4) is 0 Å². The van der Waals surface area contributed by atoms with Crippen molar-refractivity contribution in [2.75, 3.05) is 0 Å². The number of fused-ring (bicyclic) bond motifs is 1. The van der Waals surface area contributed by atoms with Gasteiger partial charge in [0.25, 0.3) is 5.91 Å². The van der Waals surface area contributed by atoms with Gasteiger partial charge in [-0.25, -0.2) is 10.5 Å². The topological polar surface area (TPSA) is 67.2 Å². The van der Waals surface area contributed by atoms with Crippen molar-refractivity contribution >= 4 is 40.1 Å². The maximum absolute atomic E-state index is 11.5. The van der Waals surface area contributed by atoms with E-state index >= 15 is 0 Å². The highest BCUT2D eigenvalue weighted by atomic mass is 35.5. The third-order valence-electron chi connectivity index (χ3n) is 3.36. The Morgan fingerprint density at radius 2 is 2.09 bits per heavy atom. The molecule has 3 aromatic rings. The lowest BCUT2D eigenvalue weighted by Gasteiger charge is -2.08. The summed E-state index contributed by atoms with van der Waals surface area (Å²) in [6.45, 7) is 0.472. The van der Waals surface area contributed by atoms with E-state index in [1.807, 2.05) is 16.7 Å². The fraction of sp³-hybridized carbons (Fsp3) is 0.0667. The lowest BCUT2D eigenvalue weighted by atomic mass is 10.2. The molecule has 0 radical (unpaired) electrons. The second kappa shape index (κ2) is 5.96. The smallest absolute Gasteiger partial charge is 0.274 e. The predicted octanol–water partition coefficient (Wildman–Crippen LogP) is 3.51. The first-order valence-corrected chi connectivity index (χ1v) is 7.18. The third kappa shape index (κ3) is 2.66. The van der Waals surface area contributed by atoms with E-state index in [1.165, 1.54) is 0 Å². The molecule has 112 valence electrons. The molecule has 0 bridgehead atoms. The average Bonchev–Trinajstić information content (AvgIpc) is 2.93. The van der Waals surface area contributed by atoms with E-state index in [9.17, 15) is 4.79 Å². The van der Waals surface area contributed by atoms with Crippen LogP contribution in [0.2, 0.25) is 10.0 Å². The van der Waals surface area contributed by atoms with Gasteiger partial charge in [0.15, 0.2) is 0 Å². The summed E-state index contributed by atoms with van der Waals surface area (Å²) in [6, 6.07) is 10.4. The summed E-state index contributed by atoms with van der Waals surface area (Å²) in [7, 11) is 0. The SMILES string of the molecule is O=C(NO)c1ccc2ncn(Cc3cccc(Cl)c3Cl)c2c1. The highest BCUT2D eigenvalue weighted by Crippen LogP contribution is 2.27. The van der Waals surface area contributed by atoms with Gasteiger partial charge in [-0.3, -0.25) is 10.0 Å². The zero-order valence-electron chi connectivity index (χ0n) is 11.3. The highest BCUT2D eigenvalue weighted by Gasteiger charge is 2.11. The Labute approximate surface area is 136 Å². The number of nitrogens with zero attached hydrogens (tertiary/aromatic N) is 2. The van der Waals surface area contributed by atoms with Crippen LogP contribution in [0.3, 0.4) is 0 Å². The fourth-order valence-corrected chi connectivity index (χ4v) is 2.62. The number of benzene rings is 2. The molecule has 0 aliphatic rings. The summed E-state index contributed by atoms with van der Waals surface area (Å²) in [5.41, 5.74) is 4.32. The molecule has 0 aliphatic heterocycles. The molecule has 1 aromatic heterocycles. The molecule has 7 heteroatoms. The van der Waals surface area contributed by atoms with Gasteiger partial charge < -0.3 is 4.57 Å². The van der Waals surface area contributed by atoms with Crippen LogP contribution in [-0.2, 0) is 6.54 Å². The Balaban J connectivity index is 2.03. The van der Waals surface area contributed by atoms with Crippen LogP contribution in [0.25, 0.3) is 11.0 Å². The fourth-order valence-electron chi connectivity index (χ4n) is 2.24. The van der Waals surface area contributed by atoms with Gasteiger partial charge in [0, 0.05) is 5.56 Å². The molecule has 0 atom stereocenters. The van der Waals surface area contributed by atoms with Gasteiger partial charge in [0.05, 0.1) is 34.0 Å². The maximum Gasteiger partial charge on any atom is 0.274 e. The summed E-state index contributed by atoms with van der Waals surface area (Å²) in [4.78, 5) is 15.8. The van der Waals surface area contributed by atoms with Crippen LogP contribution < -0.4 is 5.48 Å². The van der Waals surface area contributed by atoms with Crippen LogP contribution in [0.1, 0.15) is 15.9 Å². The first-order chi connectivity index (χ1) is 10.6. The molecule has 1 heterocycles. The average molecular weight is 336 g/mol. The predicted molar refractivity (Wildman–Crippen MR) is 84.5 cm³/mol. The number of rotatable bonds is 3. The largest absolute Gasteiger partial charge is 0.326 e. The van der Waals surface area contributed by atoms with E-state index in [4.69, 9.17) is 28.4 Å². The van der Waals surface area contributed by atoms with E-state index < -0.39 is 5.91 Å². The molecule has 0 unspecified atom stereocenters. The van der Waals surface area contributed by atoms with Crippen LogP contribution in [0.4, 0.5) is 0 Å². The van der Waals surface area contributed by atoms with Crippen molar-refractivity contribution in [3.63, 3.8) is 0 Å². The van der Waals surface area contributed by atoms with Crippen molar-refractivity contribution in [2.24, 2.45) is 0 Å². The van der Waals surface area contributed by atoms with Gasteiger partial charge in [-0.05, 0) is 29.8 Å². The highest BCUT2D eigenvalue weighted by molar-refractivity contribution is 6.42. The van der Waals surface area contributed by atoms with Crippen LogP contribution in [0.15, 0.2) is 42.7 Å². The molecule has 2 N–H and O–H groups in total. The number of hydrogen-bond donors (Lipinski definition) is 2. The Kier molecular flexibility index (Phi) is 4.02. The van der Waals surface area contributed by atoms with Gasteiger partial charge in [0.2, 0.25) is 0 Å². The lowest BCUT2D eigenvalue weighted by molar-refractivity contribution is 0.0706. The van der Waals surface area contributed by atoms with Crippen molar-refractivity contribution in [2.45, 2.75) is 6.54 Å². The number of hydroxylamine groups is 1.